The van der Waals surface area contributed by atoms with Gasteiger partial charge in [-0.25, -0.2) is 0 Å². The van der Waals surface area contributed by atoms with Crippen LogP contribution in [0.3, 0.4) is 0 Å². The molecule has 0 bridgehead atoms. The Morgan fingerprint density at radius 1 is 1.05 bits per heavy atom. The Hall–Kier alpha value is -2.10. The van der Waals surface area contributed by atoms with Crippen LogP contribution in [-0.2, 0) is 17.1 Å². The minimum atomic E-state index is -4.92. The van der Waals surface area contributed by atoms with Crippen LogP contribution in [0.2, 0.25) is 0 Å². The third-order valence-corrected chi connectivity index (χ3v) is 1.92. The number of benzene rings is 1. The molecule has 0 saturated carbocycles. The Morgan fingerprint density at radius 3 is 1.57 bits per heavy atom. The van der Waals surface area contributed by atoms with Gasteiger partial charge in [0, 0.05) is 5.56 Å². The number of halogens is 6. The molecular weight excluding hydrogens is 308 g/mol. The summed E-state index contributed by atoms with van der Waals surface area (Å²) in [6.45, 7) is -0.278. The van der Waals surface area contributed by atoms with E-state index in [1.54, 1.807) is 0 Å². The largest absolute Gasteiger partial charge is 0.480 e. The topological polar surface area (TPSA) is 80.4 Å². The molecule has 0 amide bonds. The van der Waals surface area contributed by atoms with Gasteiger partial charge >= 0.3 is 18.3 Å². The molecule has 0 spiro atoms. The summed E-state index contributed by atoms with van der Waals surface area (Å²) in [4.78, 5) is 19.5. The number of aldehydes is 1. The summed E-state index contributed by atoms with van der Waals surface area (Å²) in [7, 11) is 0. The third kappa shape index (κ3) is 6.75. The minimum absolute atomic E-state index is 0.0347. The van der Waals surface area contributed by atoms with Crippen LogP contribution in [0.15, 0.2) is 18.2 Å². The lowest BCUT2D eigenvalue weighted by Gasteiger charge is -2.12. The van der Waals surface area contributed by atoms with Gasteiger partial charge in [0.2, 0.25) is 0 Å². The Morgan fingerprint density at radius 2 is 1.38 bits per heavy atom. The van der Waals surface area contributed by atoms with Crippen molar-refractivity contribution in [2.75, 3.05) is 6.54 Å². The molecule has 0 radical (unpaired) electrons. The zero-order chi connectivity index (χ0) is 16.8. The Balaban J connectivity index is 0.000000690. The second kappa shape index (κ2) is 7.07. The highest BCUT2D eigenvalue weighted by Crippen LogP contribution is 2.35. The first-order chi connectivity index (χ1) is 9.41. The number of carbonyl (C=O) groups excluding carboxylic acids is 1. The summed E-state index contributed by atoms with van der Waals surface area (Å²) in [5.41, 5.74) is 0.915. The summed E-state index contributed by atoms with van der Waals surface area (Å²) >= 11 is 0. The van der Waals surface area contributed by atoms with Crippen LogP contribution in [0.25, 0.3) is 0 Å². The molecule has 1 aromatic rings. The number of alkyl halides is 6. The number of aliphatic carboxylic acids is 1. The molecule has 0 aliphatic rings. The number of nitrogens with two attached hydrogens (primary N) is 1. The van der Waals surface area contributed by atoms with Crippen LogP contribution < -0.4 is 5.73 Å². The van der Waals surface area contributed by atoms with Crippen LogP contribution in [0.4, 0.5) is 26.3 Å². The van der Waals surface area contributed by atoms with Crippen molar-refractivity contribution in [3.63, 3.8) is 0 Å². The van der Waals surface area contributed by atoms with E-state index >= 15 is 0 Å². The molecule has 21 heavy (non-hydrogen) atoms. The first-order valence-electron chi connectivity index (χ1n) is 5.08. The average molecular weight is 317 g/mol. The van der Waals surface area contributed by atoms with E-state index in [9.17, 15) is 35.9 Å². The zero-order valence-electron chi connectivity index (χ0n) is 10.1. The summed E-state index contributed by atoms with van der Waals surface area (Å²) in [6, 6.07) is 0.692. The van der Waals surface area contributed by atoms with E-state index in [0.29, 0.717) is 12.1 Å². The Kier molecular flexibility index (Phi) is 6.36. The fourth-order valence-corrected chi connectivity index (χ4v) is 1.05. The summed E-state index contributed by atoms with van der Waals surface area (Å²) in [6.07, 6.45) is -9.90. The highest BCUT2D eigenvalue weighted by molar-refractivity contribution is 5.75. The molecule has 0 aromatic heterocycles. The van der Waals surface area contributed by atoms with Gasteiger partial charge in [-0.2, -0.15) is 26.3 Å². The number of carbonyl (C=O) groups is 2. The van der Waals surface area contributed by atoms with Crippen molar-refractivity contribution >= 4 is 12.3 Å². The molecule has 0 aliphatic heterocycles. The SMILES string of the molecule is NCC(=O)O.O=Cc1cc(C(F)(F)F)cc(C(F)(F)F)c1. The van der Waals surface area contributed by atoms with Crippen molar-refractivity contribution in [1.82, 2.24) is 0 Å². The van der Waals surface area contributed by atoms with Gasteiger partial charge in [-0.05, 0) is 18.2 Å². The van der Waals surface area contributed by atoms with E-state index in [1.807, 2.05) is 0 Å². The molecule has 1 rings (SSSR count). The zero-order valence-corrected chi connectivity index (χ0v) is 10.1. The standard InChI is InChI=1S/C9H4F6O.C2H5NO2/c10-8(11,12)6-1-5(4-16)2-7(3-6)9(13,14)15;3-1-2(4)5/h1-4H;1,3H2,(H,4,5). The van der Waals surface area contributed by atoms with E-state index in [4.69, 9.17) is 5.11 Å². The predicted octanol–water partition coefficient (Wildman–Crippen LogP) is 2.57. The molecule has 0 unspecified atom stereocenters. The van der Waals surface area contributed by atoms with Crippen LogP contribution in [0.5, 0.6) is 0 Å². The van der Waals surface area contributed by atoms with E-state index in [0.717, 1.165) is 0 Å². The molecule has 0 heterocycles. The van der Waals surface area contributed by atoms with Crippen LogP contribution in [-0.4, -0.2) is 23.9 Å². The smallest absolute Gasteiger partial charge is 0.416 e. The maximum atomic E-state index is 12.2. The van der Waals surface area contributed by atoms with E-state index in [2.05, 4.69) is 5.73 Å². The Labute approximate surface area is 114 Å². The number of carboxylic acids is 1. The first-order valence-corrected chi connectivity index (χ1v) is 5.08. The Bertz CT molecular complexity index is 477. The highest BCUT2D eigenvalue weighted by Gasteiger charge is 2.36. The van der Waals surface area contributed by atoms with Crippen molar-refractivity contribution in [3.8, 4) is 0 Å². The monoisotopic (exact) mass is 317 g/mol. The summed E-state index contributed by atoms with van der Waals surface area (Å²) < 4.78 is 73.1. The van der Waals surface area contributed by atoms with Gasteiger partial charge in [0.1, 0.15) is 6.29 Å². The quantitative estimate of drug-likeness (QED) is 0.649. The molecule has 0 saturated heterocycles. The lowest BCUT2D eigenvalue weighted by atomic mass is 10.1. The van der Waals surface area contributed by atoms with Gasteiger partial charge in [0.25, 0.3) is 0 Å². The average Bonchev–Trinajstić information content (AvgIpc) is 2.36. The lowest BCUT2D eigenvalue weighted by Crippen LogP contribution is -2.11. The van der Waals surface area contributed by atoms with Crippen molar-refractivity contribution in [2.24, 2.45) is 5.73 Å². The van der Waals surface area contributed by atoms with Crippen molar-refractivity contribution in [2.45, 2.75) is 12.4 Å². The first kappa shape index (κ1) is 18.9. The maximum absolute atomic E-state index is 12.2. The molecule has 118 valence electrons. The van der Waals surface area contributed by atoms with Gasteiger partial charge in [0.15, 0.2) is 0 Å². The molecular formula is C11H9F6NO3. The summed E-state index contributed by atoms with van der Waals surface area (Å²) in [5, 5.41) is 7.60. The molecule has 10 heteroatoms. The highest BCUT2D eigenvalue weighted by atomic mass is 19.4. The second-order valence-electron chi connectivity index (χ2n) is 3.55. The summed E-state index contributed by atoms with van der Waals surface area (Å²) in [5.74, 6) is -0.968. The van der Waals surface area contributed by atoms with Crippen LogP contribution >= 0.6 is 0 Å². The van der Waals surface area contributed by atoms with Crippen molar-refractivity contribution in [3.05, 3.63) is 34.9 Å². The fraction of sp³-hybridized carbons (Fsp3) is 0.273. The van der Waals surface area contributed by atoms with Crippen molar-refractivity contribution in [1.29, 1.82) is 0 Å². The number of hydrogen-bond acceptors (Lipinski definition) is 3. The minimum Gasteiger partial charge on any atom is -0.480 e. The normalized spacial score (nSPS) is 11.4. The lowest BCUT2D eigenvalue weighted by molar-refractivity contribution is -0.143. The number of hydrogen-bond donors (Lipinski definition) is 2. The van der Waals surface area contributed by atoms with Crippen molar-refractivity contribution < 1.29 is 41.0 Å². The predicted molar refractivity (Wildman–Crippen MR) is 58.5 cm³/mol. The van der Waals surface area contributed by atoms with E-state index < -0.39 is 35.0 Å². The van der Waals surface area contributed by atoms with E-state index in [1.165, 1.54) is 0 Å². The molecule has 4 nitrogen and oxygen atoms in total. The van der Waals surface area contributed by atoms with Gasteiger partial charge in [-0.3, -0.25) is 9.59 Å². The van der Waals surface area contributed by atoms with Crippen LogP contribution in [0.1, 0.15) is 21.5 Å². The van der Waals surface area contributed by atoms with E-state index in [-0.39, 0.29) is 18.9 Å². The number of carboxylic acid groups (broad SMARTS) is 1. The van der Waals surface area contributed by atoms with Crippen LogP contribution in [0, 0.1) is 0 Å². The number of rotatable bonds is 2. The molecule has 0 atom stereocenters. The third-order valence-electron chi connectivity index (χ3n) is 1.92. The maximum Gasteiger partial charge on any atom is 0.416 e. The molecule has 1 aromatic carbocycles. The van der Waals surface area contributed by atoms with Gasteiger partial charge < -0.3 is 10.8 Å². The fourth-order valence-electron chi connectivity index (χ4n) is 1.05. The van der Waals surface area contributed by atoms with Gasteiger partial charge in [-0.15, -0.1) is 0 Å². The molecule has 0 fully saturated rings. The molecule has 0 aliphatic carbocycles. The van der Waals surface area contributed by atoms with Gasteiger partial charge in [-0.1, -0.05) is 0 Å². The second-order valence-corrected chi connectivity index (χ2v) is 3.55. The molecule has 3 N–H and O–H groups in total. The van der Waals surface area contributed by atoms with Gasteiger partial charge in [0.05, 0.1) is 17.7 Å².